The molecule has 0 aromatic carbocycles. The molecule has 2 fully saturated rings. The average Bonchev–Trinajstić information content (AvgIpc) is 2.77. The fraction of sp³-hybridized carbons (Fsp3) is 0.682. The normalized spacial score (nSPS) is 23.9. The van der Waals surface area contributed by atoms with E-state index in [1.807, 2.05) is 18.3 Å². The number of rotatable bonds is 7. The van der Waals surface area contributed by atoms with Crippen LogP contribution in [-0.2, 0) is 4.79 Å². The van der Waals surface area contributed by atoms with Gasteiger partial charge in [-0.3, -0.25) is 14.8 Å². The summed E-state index contributed by atoms with van der Waals surface area (Å²) in [6.07, 6.45) is 7.30. The van der Waals surface area contributed by atoms with E-state index < -0.39 is 0 Å². The molecule has 1 aromatic rings. The Morgan fingerprint density at radius 1 is 1.31 bits per heavy atom. The highest BCUT2D eigenvalue weighted by atomic mass is 16.1. The minimum Gasteiger partial charge on any atom is -0.383 e. The van der Waals surface area contributed by atoms with Gasteiger partial charge in [-0.05, 0) is 38.3 Å². The molecule has 2 N–H and O–H groups in total. The van der Waals surface area contributed by atoms with Crippen LogP contribution >= 0.6 is 0 Å². The van der Waals surface area contributed by atoms with Crippen molar-refractivity contribution in [3.05, 3.63) is 23.9 Å². The number of pyridine rings is 1. The fourth-order valence-corrected chi connectivity index (χ4v) is 4.76. The van der Waals surface area contributed by atoms with E-state index in [4.69, 9.17) is 5.73 Å². The van der Waals surface area contributed by atoms with Crippen LogP contribution in [0.15, 0.2) is 23.3 Å². The zero-order chi connectivity index (χ0) is 20.8. The summed E-state index contributed by atoms with van der Waals surface area (Å²) >= 11 is 0. The lowest BCUT2D eigenvalue weighted by molar-refractivity contribution is -0.113. The van der Waals surface area contributed by atoms with Gasteiger partial charge in [0.1, 0.15) is 17.9 Å². The standard InChI is InChI=1S/C22H36N6O/c1-4-5-20(16-29)26-10-8-19(9-11-26)28-13-12-27(15-17(28)2)21-7-6-18(14-25-21)22(23)24-3/h6-7,14,16-17,19-20H,4-5,8-13,15H2,1-3H3,(H2,23,24). The number of hydrogen-bond acceptors (Lipinski definition) is 6. The zero-order valence-electron chi connectivity index (χ0n) is 18.1. The van der Waals surface area contributed by atoms with Crippen molar-refractivity contribution >= 4 is 17.9 Å². The van der Waals surface area contributed by atoms with E-state index in [-0.39, 0.29) is 6.04 Å². The summed E-state index contributed by atoms with van der Waals surface area (Å²) in [4.78, 5) is 27.4. The molecule has 0 amide bonds. The highest BCUT2D eigenvalue weighted by molar-refractivity contribution is 5.97. The quantitative estimate of drug-likeness (QED) is 0.427. The molecule has 3 heterocycles. The summed E-state index contributed by atoms with van der Waals surface area (Å²) in [6, 6.07) is 5.25. The van der Waals surface area contributed by atoms with Crippen LogP contribution < -0.4 is 10.6 Å². The Morgan fingerprint density at radius 3 is 2.62 bits per heavy atom. The van der Waals surface area contributed by atoms with E-state index in [2.05, 4.69) is 38.5 Å². The van der Waals surface area contributed by atoms with Gasteiger partial charge in [-0.1, -0.05) is 13.3 Å². The first-order valence-electron chi connectivity index (χ1n) is 11.0. The molecule has 7 nitrogen and oxygen atoms in total. The van der Waals surface area contributed by atoms with Crippen molar-refractivity contribution in [3.63, 3.8) is 0 Å². The molecule has 160 valence electrons. The lowest BCUT2D eigenvalue weighted by Crippen LogP contribution is -2.58. The van der Waals surface area contributed by atoms with Crippen LogP contribution in [0.3, 0.4) is 0 Å². The van der Waals surface area contributed by atoms with Crippen LogP contribution in [0.1, 0.15) is 45.1 Å². The molecule has 2 saturated heterocycles. The van der Waals surface area contributed by atoms with Gasteiger partial charge in [0, 0.05) is 63.6 Å². The summed E-state index contributed by atoms with van der Waals surface area (Å²) in [7, 11) is 1.69. The molecule has 0 spiro atoms. The van der Waals surface area contributed by atoms with E-state index in [0.29, 0.717) is 17.9 Å². The summed E-state index contributed by atoms with van der Waals surface area (Å²) in [5, 5.41) is 0. The molecule has 2 atom stereocenters. The molecule has 2 unspecified atom stereocenters. The van der Waals surface area contributed by atoms with Crippen molar-refractivity contribution in [2.24, 2.45) is 10.7 Å². The van der Waals surface area contributed by atoms with Crippen LogP contribution in [0.4, 0.5) is 5.82 Å². The third-order valence-corrected chi connectivity index (χ3v) is 6.47. The Balaban J connectivity index is 1.53. The highest BCUT2D eigenvalue weighted by Gasteiger charge is 2.33. The van der Waals surface area contributed by atoms with Gasteiger partial charge in [0.25, 0.3) is 0 Å². The van der Waals surface area contributed by atoms with E-state index in [0.717, 1.165) is 76.1 Å². The first-order chi connectivity index (χ1) is 14.1. The molecule has 0 aliphatic carbocycles. The number of piperazine rings is 1. The van der Waals surface area contributed by atoms with Gasteiger partial charge < -0.3 is 15.4 Å². The summed E-state index contributed by atoms with van der Waals surface area (Å²) in [5.41, 5.74) is 6.73. The lowest BCUT2D eigenvalue weighted by Gasteiger charge is -2.47. The molecule has 0 bridgehead atoms. The molecule has 7 heteroatoms. The predicted molar refractivity (Wildman–Crippen MR) is 119 cm³/mol. The Bertz CT molecular complexity index is 683. The van der Waals surface area contributed by atoms with Crippen molar-refractivity contribution in [1.29, 1.82) is 0 Å². The molecule has 29 heavy (non-hydrogen) atoms. The van der Waals surface area contributed by atoms with E-state index in [1.54, 1.807) is 7.05 Å². The zero-order valence-corrected chi connectivity index (χ0v) is 18.1. The van der Waals surface area contributed by atoms with Crippen molar-refractivity contribution in [2.75, 3.05) is 44.7 Å². The van der Waals surface area contributed by atoms with Crippen LogP contribution in [0.2, 0.25) is 0 Å². The van der Waals surface area contributed by atoms with E-state index >= 15 is 0 Å². The number of hydrogen-bond donors (Lipinski definition) is 1. The van der Waals surface area contributed by atoms with Gasteiger partial charge in [0.2, 0.25) is 0 Å². The second-order valence-electron chi connectivity index (χ2n) is 8.31. The van der Waals surface area contributed by atoms with Crippen LogP contribution in [0, 0.1) is 0 Å². The summed E-state index contributed by atoms with van der Waals surface area (Å²) in [5.74, 6) is 1.52. The monoisotopic (exact) mass is 400 g/mol. The molecular weight excluding hydrogens is 364 g/mol. The minimum absolute atomic E-state index is 0.107. The number of nitrogens with zero attached hydrogens (tertiary/aromatic N) is 5. The molecule has 2 aliphatic heterocycles. The number of carbonyl (C=O) groups is 1. The smallest absolute Gasteiger partial charge is 0.137 e. The summed E-state index contributed by atoms with van der Waals surface area (Å²) < 4.78 is 0. The number of anilines is 1. The Kier molecular flexibility index (Phi) is 7.61. The van der Waals surface area contributed by atoms with Crippen molar-refractivity contribution < 1.29 is 4.79 Å². The molecule has 0 saturated carbocycles. The van der Waals surface area contributed by atoms with Crippen LogP contribution in [0.25, 0.3) is 0 Å². The number of aldehydes is 1. The molecule has 1 aromatic heterocycles. The number of aliphatic imine (C=N–C) groups is 1. The van der Waals surface area contributed by atoms with Crippen molar-refractivity contribution in [2.45, 2.75) is 57.7 Å². The maximum atomic E-state index is 11.4. The maximum Gasteiger partial charge on any atom is 0.137 e. The molecule has 0 radical (unpaired) electrons. The van der Waals surface area contributed by atoms with Gasteiger partial charge in [-0.15, -0.1) is 0 Å². The third-order valence-electron chi connectivity index (χ3n) is 6.47. The number of nitrogens with two attached hydrogens (primary N) is 1. The number of piperidine rings is 1. The number of carbonyl (C=O) groups excluding carboxylic acids is 1. The van der Waals surface area contributed by atoms with E-state index in [1.165, 1.54) is 0 Å². The topological polar surface area (TPSA) is 78.1 Å². The van der Waals surface area contributed by atoms with Crippen molar-refractivity contribution in [3.8, 4) is 0 Å². The van der Waals surface area contributed by atoms with Crippen LogP contribution in [-0.4, -0.2) is 84.8 Å². The lowest BCUT2D eigenvalue weighted by atomic mass is 9.98. The highest BCUT2D eigenvalue weighted by Crippen LogP contribution is 2.25. The third kappa shape index (κ3) is 5.14. The maximum absolute atomic E-state index is 11.4. The fourth-order valence-electron chi connectivity index (χ4n) is 4.76. The Hall–Kier alpha value is -1.99. The molecule has 2 aliphatic rings. The first-order valence-corrected chi connectivity index (χ1v) is 11.0. The average molecular weight is 401 g/mol. The van der Waals surface area contributed by atoms with Crippen LogP contribution in [0.5, 0.6) is 0 Å². The van der Waals surface area contributed by atoms with E-state index in [9.17, 15) is 4.79 Å². The number of aromatic nitrogens is 1. The number of amidine groups is 1. The van der Waals surface area contributed by atoms with Gasteiger partial charge in [-0.25, -0.2) is 4.98 Å². The van der Waals surface area contributed by atoms with Crippen molar-refractivity contribution in [1.82, 2.24) is 14.8 Å². The first kappa shape index (κ1) is 21.7. The predicted octanol–water partition coefficient (Wildman–Crippen LogP) is 1.76. The van der Waals surface area contributed by atoms with Gasteiger partial charge in [0.05, 0.1) is 6.04 Å². The van der Waals surface area contributed by atoms with Gasteiger partial charge in [-0.2, -0.15) is 0 Å². The SMILES string of the molecule is CCCC(C=O)N1CCC(N2CCN(c3ccc(C(N)=NC)cn3)CC2C)CC1. The summed E-state index contributed by atoms with van der Waals surface area (Å²) in [6.45, 7) is 9.56. The Morgan fingerprint density at radius 2 is 2.07 bits per heavy atom. The Labute approximate surface area is 175 Å². The molecular formula is C22H36N6O. The van der Waals surface area contributed by atoms with Gasteiger partial charge in [0.15, 0.2) is 0 Å². The second kappa shape index (κ2) is 10.2. The largest absolute Gasteiger partial charge is 0.383 e. The second-order valence-corrected chi connectivity index (χ2v) is 8.31. The minimum atomic E-state index is 0.107. The number of likely N-dealkylation sites (tertiary alicyclic amines) is 1. The molecule has 3 rings (SSSR count). The van der Waals surface area contributed by atoms with Gasteiger partial charge >= 0.3 is 0 Å².